The number of nitrogens with one attached hydrogen (secondary N) is 1. The summed E-state index contributed by atoms with van der Waals surface area (Å²) in [6.45, 7) is 1.35. The molecule has 2 heterocycles. The molecule has 4 nitrogen and oxygen atoms in total. The van der Waals surface area contributed by atoms with Crippen molar-refractivity contribution in [3.8, 4) is 0 Å². The number of carbonyl (C=O) groups excluding carboxylic acids is 1. The lowest BCUT2D eigenvalue weighted by Gasteiger charge is -2.31. The van der Waals surface area contributed by atoms with E-state index in [-0.39, 0.29) is 34.9 Å². The number of halogens is 2. The van der Waals surface area contributed by atoms with Crippen molar-refractivity contribution < 1.29 is 13.9 Å². The zero-order chi connectivity index (χ0) is 17.6. The van der Waals surface area contributed by atoms with Gasteiger partial charge in [0.15, 0.2) is 0 Å². The molecule has 1 aliphatic rings. The normalized spacial score (nSPS) is 16.4. The molecule has 6 heteroatoms. The monoisotopic (exact) mass is 362 g/mol. The van der Waals surface area contributed by atoms with Gasteiger partial charge < -0.3 is 10.1 Å². The maximum absolute atomic E-state index is 13.9. The predicted molar refractivity (Wildman–Crippen MR) is 93.8 cm³/mol. The van der Waals surface area contributed by atoms with E-state index in [2.05, 4.69) is 10.3 Å². The van der Waals surface area contributed by atoms with Crippen molar-refractivity contribution in [2.45, 2.75) is 25.3 Å². The van der Waals surface area contributed by atoms with E-state index in [0.717, 1.165) is 18.4 Å². The van der Waals surface area contributed by atoms with Crippen molar-refractivity contribution in [1.29, 1.82) is 0 Å². The van der Waals surface area contributed by atoms with Crippen LogP contribution in [0.3, 0.4) is 0 Å². The van der Waals surface area contributed by atoms with Crippen molar-refractivity contribution >= 4 is 17.5 Å². The molecule has 0 bridgehead atoms. The Kier molecular flexibility index (Phi) is 6.00. The molecular weight excluding hydrogens is 343 g/mol. The Morgan fingerprint density at radius 2 is 2.12 bits per heavy atom. The Labute approximate surface area is 151 Å². The molecule has 1 N–H and O–H groups in total. The fraction of sp³-hybridized carbons (Fsp3) is 0.368. The fourth-order valence-corrected chi connectivity index (χ4v) is 3.40. The first-order valence-corrected chi connectivity index (χ1v) is 8.73. The van der Waals surface area contributed by atoms with Crippen molar-refractivity contribution in [2.24, 2.45) is 5.92 Å². The number of rotatable bonds is 5. The highest BCUT2D eigenvalue weighted by Crippen LogP contribution is 2.30. The zero-order valence-electron chi connectivity index (χ0n) is 13.8. The number of nitrogens with zero attached hydrogens (tertiary/aromatic N) is 1. The van der Waals surface area contributed by atoms with E-state index in [1.807, 2.05) is 12.1 Å². The third kappa shape index (κ3) is 4.55. The van der Waals surface area contributed by atoms with Gasteiger partial charge in [-0.05, 0) is 42.5 Å². The summed E-state index contributed by atoms with van der Waals surface area (Å²) in [5.41, 5.74) is 1.17. The molecule has 1 atom stereocenters. The average molecular weight is 363 g/mol. The molecule has 1 amide bonds. The first-order chi connectivity index (χ1) is 12.1. The average Bonchev–Trinajstić information content (AvgIpc) is 2.64. The zero-order valence-corrected chi connectivity index (χ0v) is 14.5. The van der Waals surface area contributed by atoms with E-state index in [0.29, 0.717) is 13.2 Å². The molecule has 0 aliphatic carbocycles. The molecule has 0 radical (unpaired) electrons. The predicted octanol–water partition coefficient (Wildman–Crippen LogP) is 3.70. The highest BCUT2D eigenvalue weighted by molar-refractivity contribution is 6.31. The van der Waals surface area contributed by atoms with E-state index < -0.39 is 5.82 Å². The fourth-order valence-electron chi connectivity index (χ4n) is 3.17. The van der Waals surface area contributed by atoms with Crippen LogP contribution < -0.4 is 5.32 Å². The van der Waals surface area contributed by atoms with Gasteiger partial charge in [-0.3, -0.25) is 9.78 Å². The molecule has 25 heavy (non-hydrogen) atoms. The summed E-state index contributed by atoms with van der Waals surface area (Å²) in [5, 5.41) is 3.31. The molecule has 132 valence electrons. The lowest BCUT2D eigenvalue weighted by atomic mass is 9.87. The van der Waals surface area contributed by atoms with Crippen LogP contribution in [0.1, 0.15) is 30.0 Å². The Morgan fingerprint density at radius 3 is 2.80 bits per heavy atom. The minimum absolute atomic E-state index is 0.0918. The first kappa shape index (κ1) is 17.8. The Balaban J connectivity index is 1.76. The third-order valence-corrected chi connectivity index (χ3v) is 4.85. The van der Waals surface area contributed by atoms with Crippen LogP contribution in [-0.4, -0.2) is 24.1 Å². The largest absolute Gasteiger partial charge is 0.381 e. The summed E-state index contributed by atoms with van der Waals surface area (Å²) in [6.07, 6.45) is 5.09. The smallest absolute Gasteiger partial charge is 0.225 e. The van der Waals surface area contributed by atoms with Gasteiger partial charge in [-0.25, -0.2) is 4.39 Å². The summed E-state index contributed by atoms with van der Waals surface area (Å²) >= 11 is 6.03. The third-order valence-electron chi connectivity index (χ3n) is 4.50. The maximum atomic E-state index is 13.9. The number of benzene rings is 1. The Bertz CT molecular complexity index is 700. The summed E-state index contributed by atoms with van der Waals surface area (Å²) in [6, 6.07) is 8.05. The second kappa shape index (κ2) is 8.41. The minimum atomic E-state index is -0.466. The van der Waals surface area contributed by atoms with Crippen molar-refractivity contribution in [3.63, 3.8) is 0 Å². The topological polar surface area (TPSA) is 51.2 Å². The number of pyridine rings is 1. The molecule has 2 aromatic rings. The number of aromatic nitrogens is 1. The molecule has 3 rings (SSSR count). The van der Waals surface area contributed by atoms with Gasteiger partial charge >= 0.3 is 0 Å². The van der Waals surface area contributed by atoms with Crippen LogP contribution in [0, 0.1) is 11.7 Å². The Hall–Kier alpha value is -1.98. The van der Waals surface area contributed by atoms with E-state index in [1.54, 1.807) is 18.5 Å². The highest BCUT2D eigenvalue weighted by Gasteiger charge is 2.27. The van der Waals surface area contributed by atoms with Crippen LogP contribution >= 0.6 is 11.6 Å². The summed E-state index contributed by atoms with van der Waals surface area (Å²) in [4.78, 5) is 16.7. The van der Waals surface area contributed by atoms with Crippen molar-refractivity contribution in [2.75, 3.05) is 13.2 Å². The van der Waals surface area contributed by atoms with Crippen LogP contribution in [0.4, 0.5) is 4.39 Å². The summed E-state index contributed by atoms with van der Waals surface area (Å²) in [7, 11) is 0. The lowest BCUT2D eigenvalue weighted by molar-refractivity contribution is -0.122. The van der Waals surface area contributed by atoms with Crippen LogP contribution in [-0.2, 0) is 16.0 Å². The van der Waals surface area contributed by atoms with E-state index >= 15 is 0 Å². The number of hydrogen-bond acceptors (Lipinski definition) is 3. The molecule has 1 unspecified atom stereocenters. The van der Waals surface area contributed by atoms with Crippen LogP contribution in [0.2, 0.25) is 5.02 Å². The molecule has 1 aromatic carbocycles. The van der Waals surface area contributed by atoms with Crippen LogP contribution in [0.15, 0.2) is 42.7 Å². The molecule has 1 aromatic heterocycles. The molecule has 1 aliphatic heterocycles. The molecule has 0 spiro atoms. The second-order valence-electron chi connectivity index (χ2n) is 6.16. The van der Waals surface area contributed by atoms with Crippen molar-refractivity contribution in [3.05, 3.63) is 64.7 Å². The number of hydrogen-bond donors (Lipinski definition) is 1. The number of amides is 1. The van der Waals surface area contributed by atoms with Gasteiger partial charge in [0.1, 0.15) is 5.82 Å². The second-order valence-corrected chi connectivity index (χ2v) is 6.57. The molecule has 0 saturated carbocycles. The molecule has 1 saturated heterocycles. The van der Waals surface area contributed by atoms with Crippen LogP contribution in [0.5, 0.6) is 0 Å². The minimum Gasteiger partial charge on any atom is -0.381 e. The van der Waals surface area contributed by atoms with Gasteiger partial charge in [0.25, 0.3) is 0 Å². The molecular formula is C19H20ClFN2O2. The quantitative estimate of drug-likeness (QED) is 0.882. The van der Waals surface area contributed by atoms with Crippen LogP contribution in [0.25, 0.3) is 0 Å². The van der Waals surface area contributed by atoms with Crippen molar-refractivity contribution in [1.82, 2.24) is 10.3 Å². The lowest BCUT2D eigenvalue weighted by Crippen LogP contribution is -2.37. The SMILES string of the molecule is O=C(Cc1c(F)cccc1Cl)NC(c1cccnc1)C1CCOCC1. The maximum Gasteiger partial charge on any atom is 0.225 e. The number of ether oxygens (including phenoxy) is 1. The summed E-state index contributed by atoms with van der Waals surface area (Å²) in [5.74, 6) is -0.461. The summed E-state index contributed by atoms with van der Waals surface area (Å²) < 4.78 is 19.4. The number of carbonyl (C=O) groups is 1. The standard InChI is InChI=1S/C19H20ClFN2O2/c20-16-4-1-5-17(21)15(16)11-18(24)23-19(13-6-9-25-10-7-13)14-3-2-8-22-12-14/h1-5,8,12-13,19H,6-7,9-11H2,(H,23,24). The first-order valence-electron chi connectivity index (χ1n) is 8.35. The molecule has 1 fully saturated rings. The van der Waals surface area contributed by atoms with E-state index in [4.69, 9.17) is 16.3 Å². The van der Waals surface area contributed by atoms with Gasteiger partial charge in [-0.15, -0.1) is 0 Å². The van der Waals surface area contributed by atoms with E-state index in [9.17, 15) is 9.18 Å². The van der Waals surface area contributed by atoms with Gasteiger partial charge in [0.2, 0.25) is 5.91 Å². The van der Waals surface area contributed by atoms with Gasteiger partial charge in [0, 0.05) is 36.2 Å². The van der Waals surface area contributed by atoms with E-state index in [1.165, 1.54) is 12.1 Å². The highest BCUT2D eigenvalue weighted by atomic mass is 35.5. The van der Waals surface area contributed by atoms with Gasteiger partial charge in [-0.2, -0.15) is 0 Å². The van der Waals surface area contributed by atoms with Gasteiger partial charge in [-0.1, -0.05) is 23.7 Å². The van der Waals surface area contributed by atoms with Gasteiger partial charge in [0.05, 0.1) is 12.5 Å². The Morgan fingerprint density at radius 1 is 1.32 bits per heavy atom.